The molecular weight excluding hydrogens is 196 g/mol. The zero-order valence-corrected chi connectivity index (χ0v) is 11.7. The van der Waals surface area contributed by atoms with Crippen molar-refractivity contribution in [2.45, 2.75) is 71.4 Å². The summed E-state index contributed by atoms with van der Waals surface area (Å²) in [6.07, 6.45) is 6.57. The first kappa shape index (κ1) is 14.0. The lowest BCUT2D eigenvalue weighted by atomic mass is 9.91. The predicted octanol–water partition coefficient (Wildman–Crippen LogP) is 3.03. The van der Waals surface area contributed by atoms with E-state index in [9.17, 15) is 0 Å². The molecule has 0 aromatic carbocycles. The molecule has 0 saturated carbocycles. The van der Waals surface area contributed by atoms with Crippen molar-refractivity contribution in [3.8, 4) is 0 Å². The van der Waals surface area contributed by atoms with Gasteiger partial charge in [-0.3, -0.25) is 4.90 Å². The van der Waals surface area contributed by atoms with Gasteiger partial charge in [-0.1, -0.05) is 33.6 Å². The average Bonchev–Trinajstić information content (AvgIpc) is 2.32. The molecular formula is C14H30N2. The van der Waals surface area contributed by atoms with E-state index in [0.717, 1.165) is 6.54 Å². The summed E-state index contributed by atoms with van der Waals surface area (Å²) in [6.45, 7) is 13.0. The molecule has 0 amide bonds. The van der Waals surface area contributed by atoms with E-state index in [-0.39, 0.29) is 0 Å². The molecule has 1 N–H and O–H groups in total. The van der Waals surface area contributed by atoms with Crippen LogP contribution < -0.4 is 5.32 Å². The molecule has 1 saturated heterocycles. The fraction of sp³-hybridized carbons (Fsp3) is 1.00. The lowest BCUT2D eigenvalue weighted by Gasteiger charge is -2.48. The molecule has 2 heteroatoms. The summed E-state index contributed by atoms with van der Waals surface area (Å²) in [5.41, 5.74) is 0.388. The van der Waals surface area contributed by atoms with E-state index in [1.165, 1.54) is 45.2 Å². The third-order valence-corrected chi connectivity index (χ3v) is 4.26. The number of unbranched alkanes of at least 4 members (excludes halogenated alkanes) is 2. The van der Waals surface area contributed by atoms with Crippen LogP contribution in [0.1, 0.15) is 59.8 Å². The quantitative estimate of drug-likeness (QED) is 0.700. The number of nitrogens with zero attached hydrogens (tertiary/aromatic N) is 1. The summed E-state index contributed by atoms with van der Waals surface area (Å²) >= 11 is 0. The van der Waals surface area contributed by atoms with Gasteiger partial charge in [-0.15, -0.1) is 0 Å². The van der Waals surface area contributed by atoms with Gasteiger partial charge < -0.3 is 5.32 Å². The molecule has 1 aliphatic rings. The second-order valence-electron chi connectivity index (χ2n) is 5.49. The van der Waals surface area contributed by atoms with E-state index >= 15 is 0 Å². The molecule has 0 spiro atoms. The Morgan fingerprint density at radius 3 is 2.56 bits per heavy atom. The molecule has 0 radical (unpaired) electrons. The highest BCUT2D eigenvalue weighted by atomic mass is 15.3. The largest absolute Gasteiger partial charge is 0.311 e. The Labute approximate surface area is 102 Å². The number of piperazine rings is 1. The van der Waals surface area contributed by atoms with Crippen LogP contribution in [0.4, 0.5) is 0 Å². The van der Waals surface area contributed by atoms with Gasteiger partial charge in [0.2, 0.25) is 0 Å². The SMILES string of the molecule is CCCCCN1CC(CC)NCC1(C)CC. The molecule has 1 heterocycles. The van der Waals surface area contributed by atoms with Gasteiger partial charge in [-0.2, -0.15) is 0 Å². The average molecular weight is 226 g/mol. The lowest BCUT2D eigenvalue weighted by Crippen LogP contribution is -2.63. The number of rotatable bonds is 6. The van der Waals surface area contributed by atoms with Crippen LogP contribution in [0.3, 0.4) is 0 Å². The maximum atomic E-state index is 3.69. The Morgan fingerprint density at radius 2 is 2.00 bits per heavy atom. The highest BCUT2D eigenvalue weighted by Gasteiger charge is 2.35. The molecule has 0 bridgehead atoms. The number of hydrogen-bond acceptors (Lipinski definition) is 2. The van der Waals surface area contributed by atoms with Crippen molar-refractivity contribution in [3.05, 3.63) is 0 Å². The normalized spacial score (nSPS) is 31.9. The highest BCUT2D eigenvalue weighted by molar-refractivity contribution is 4.94. The van der Waals surface area contributed by atoms with Gasteiger partial charge in [0.1, 0.15) is 0 Å². The highest BCUT2D eigenvalue weighted by Crippen LogP contribution is 2.24. The molecule has 2 nitrogen and oxygen atoms in total. The van der Waals surface area contributed by atoms with Gasteiger partial charge in [0.05, 0.1) is 0 Å². The van der Waals surface area contributed by atoms with Crippen molar-refractivity contribution < 1.29 is 0 Å². The zero-order valence-electron chi connectivity index (χ0n) is 11.7. The first-order valence-corrected chi connectivity index (χ1v) is 7.14. The number of nitrogens with one attached hydrogen (secondary N) is 1. The van der Waals surface area contributed by atoms with Crippen molar-refractivity contribution in [1.29, 1.82) is 0 Å². The Hall–Kier alpha value is -0.0800. The first-order chi connectivity index (χ1) is 7.66. The summed E-state index contributed by atoms with van der Waals surface area (Å²) in [5.74, 6) is 0. The third kappa shape index (κ3) is 3.46. The fourth-order valence-electron chi connectivity index (χ4n) is 2.56. The predicted molar refractivity (Wildman–Crippen MR) is 71.9 cm³/mol. The fourth-order valence-corrected chi connectivity index (χ4v) is 2.56. The van der Waals surface area contributed by atoms with Crippen LogP contribution in [0.25, 0.3) is 0 Å². The molecule has 1 fully saturated rings. The third-order valence-electron chi connectivity index (χ3n) is 4.26. The number of hydrogen-bond donors (Lipinski definition) is 1. The van der Waals surface area contributed by atoms with E-state index in [1.807, 2.05) is 0 Å². The van der Waals surface area contributed by atoms with Gasteiger partial charge in [-0.05, 0) is 32.7 Å². The van der Waals surface area contributed by atoms with Crippen LogP contribution in [-0.2, 0) is 0 Å². The lowest BCUT2D eigenvalue weighted by molar-refractivity contribution is 0.0466. The first-order valence-electron chi connectivity index (χ1n) is 7.14. The van der Waals surface area contributed by atoms with Crippen LogP contribution in [0, 0.1) is 0 Å². The van der Waals surface area contributed by atoms with Crippen molar-refractivity contribution in [3.63, 3.8) is 0 Å². The second-order valence-corrected chi connectivity index (χ2v) is 5.49. The standard InChI is InChI=1S/C14H30N2/c1-5-8-9-10-16-11-13(6-2)15-12-14(16,4)7-3/h13,15H,5-12H2,1-4H3. The molecule has 16 heavy (non-hydrogen) atoms. The minimum absolute atomic E-state index is 0.388. The van der Waals surface area contributed by atoms with Gasteiger partial charge in [0.15, 0.2) is 0 Å². The van der Waals surface area contributed by atoms with Gasteiger partial charge in [-0.25, -0.2) is 0 Å². The summed E-state index contributed by atoms with van der Waals surface area (Å²) in [5, 5.41) is 3.69. The van der Waals surface area contributed by atoms with Gasteiger partial charge in [0, 0.05) is 24.7 Å². The minimum Gasteiger partial charge on any atom is -0.311 e. The second kappa shape index (κ2) is 6.61. The maximum Gasteiger partial charge on any atom is 0.0303 e. The summed E-state index contributed by atoms with van der Waals surface area (Å²) in [4.78, 5) is 2.73. The van der Waals surface area contributed by atoms with Crippen molar-refractivity contribution >= 4 is 0 Å². The van der Waals surface area contributed by atoms with E-state index in [0.29, 0.717) is 11.6 Å². The molecule has 0 aliphatic carbocycles. The van der Waals surface area contributed by atoms with E-state index in [4.69, 9.17) is 0 Å². The molecule has 0 aromatic rings. The molecule has 96 valence electrons. The summed E-state index contributed by atoms with van der Waals surface area (Å²) in [6, 6.07) is 0.709. The molecule has 2 unspecified atom stereocenters. The monoisotopic (exact) mass is 226 g/mol. The van der Waals surface area contributed by atoms with Crippen LogP contribution in [0.2, 0.25) is 0 Å². The topological polar surface area (TPSA) is 15.3 Å². The van der Waals surface area contributed by atoms with Crippen LogP contribution in [0.5, 0.6) is 0 Å². The summed E-state index contributed by atoms with van der Waals surface area (Å²) < 4.78 is 0. The summed E-state index contributed by atoms with van der Waals surface area (Å²) in [7, 11) is 0. The molecule has 1 rings (SSSR count). The van der Waals surface area contributed by atoms with Crippen molar-refractivity contribution in [2.75, 3.05) is 19.6 Å². The Morgan fingerprint density at radius 1 is 1.25 bits per heavy atom. The smallest absolute Gasteiger partial charge is 0.0303 e. The molecule has 0 aromatic heterocycles. The molecule has 2 atom stereocenters. The Bertz CT molecular complexity index is 193. The minimum atomic E-state index is 0.388. The van der Waals surface area contributed by atoms with E-state index < -0.39 is 0 Å². The van der Waals surface area contributed by atoms with Crippen LogP contribution >= 0.6 is 0 Å². The molecule has 1 aliphatic heterocycles. The van der Waals surface area contributed by atoms with E-state index in [2.05, 4.69) is 37.9 Å². The zero-order chi connectivity index (χ0) is 12.0. The van der Waals surface area contributed by atoms with E-state index in [1.54, 1.807) is 0 Å². The van der Waals surface area contributed by atoms with Crippen LogP contribution in [0.15, 0.2) is 0 Å². The van der Waals surface area contributed by atoms with Crippen molar-refractivity contribution in [2.24, 2.45) is 0 Å². The van der Waals surface area contributed by atoms with Crippen molar-refractivity contribution in [1.82, 2.24) is 10.2 Å². The Kier molecular flexibility index (Phi) is 5.77. The Balaban J connectivity index is 2.50. The van der Waals surface area contributed by atoms with Gasteiger partial charge in [0.25, 0.3) is 0 Å². The van der Waals surface area contributed by atoms with Crippen LogP contribution in [-0.4, -0.2) is 36.1 Å². The maximum absolute atomic E-state index is 3.69. The van der Waals surface area contributed by atoms with Gasteiger partial charge >= 0.3 is 0 Å².